The molecule has 4 rings (SSSR count). The maximum absolute atomic E-state index is 11.7. The number of hydrogen-bond acceptors (Lipinski definition) is 6. The first kappa shape index (κ1) is 25.9. The summed E-state index contributed by atoms with van der Waals surface area (Å²) in [6, 6.07) is 0. The van der Waals surface area contributed by atoms with Crippen LogP contribution in [0.2, 0.25) is 0 Å². The SMILES string of the molecule is O=C(O)C[C@H]1[C@H](C(=CCCC2CCCCC2)OC2CCCCO2)[C@H](OC2CCCCO2)C[C@H]1O. The minimum atomic E-state index is -0.904. The van der Waals surface area contributed by atoms with Crippen molar-refractivity contribution < 1.29 is 34.0 Å². The summed E-state index contributed by atoms with van der Waals surface area (Å²) in [7, 11) is 0. The van der Waals surface area contributed by atoms with E-state index in [1.807, 2.05) is 0 Å². The molecule has 6 atom stereocenters. The lowest BCUT2D eigenvalue weighted by molar-refractivity contribution is -0.201. The van der Waals surface area contributed by atoms with E-state index in [4.69, 9.17) is 18.9 Å². The average molecular weight is 481 g/mol. The molecule has 2 aliphatic carbocycles. The van der Waals surface area contributed by atoms with Gasteiger partial charge in [-0.15, -0.1) is 0 Å². The molecule has 0 aromatic carbocycles. The van der Waals surface area contributed by atoms with Crippen LogP contribution in [-0.4, -0.2) is 54.2 Å². The lowest BCUT2D eigenvalue weighted by atomic mass is 9.85. The zero-order valence-corrected chi connectivity index (χ0v) is 20.6. The van der Waals surface area contributed by atoms with E-state index in [-0.39, 0.29) is 31.0 Å². The molecule has 4 fully saturated rings. The first-order chi connectivity index (χ1) is 16.6. The van der Waals surface area contributed by atoms with Gasteiger partial charge >= 0.3 is 5.97 Å². The fourth-order valence-electron chi connectivity index (χ4n) is 6.24. The molecule has 4 aliphatic rings. The van der Waals surface area contributed by atoms with Gasteiger partial charge in [-0.3, -0.25) is 4.79 Å². The third-order valence-electron chi connectivity index (χ3n) is 8.08. The standard InChI is InChI=1S/C27H44O7/c28-21-18-23(34-26-14-5-7-16-32-26)27(20(21)17-24(29)30)22(33-25-13-4-6-15-31-25)12-8-11-19-9-2-1-3-10-19/h12,19-21,23,25-28H,1-11,13-18H2,(H,29,30)/t20-,21-,23-,25?,26?,27-/m1/s1. The molecule has 194 valence electrons. The second-order valence-corrected chi connectivity index (χ2v) is 10.7. The molecule has 7 heteroatoms. The van der Waals surface area contributed by atoms with E-state index in [2.05, 4.69) is 6.08 Å². The van der Waals surface area contributed by atoms with E-state index in [0.29, 0.717) is 19.6 Å². The first-order valence-corrected chi connectivity index (χ1v) is 13.8. The molecule has 2 saturated carbocycles. The quantitative estimate of drug-likeness (QED) is 0.417. The Hall–Kier alpha value is -1.15. The van der Waals surface area contributed by atoms with Crippen molar-refractivity contribution in [2.75, 3.05) is 13.2 Å². The minimum absolute atomic E-state index is 0.105. The fourth-order valence-corrected chi connectivity index (χ4v) is 6.24. The molecule has 0 bridgehead atoms. The summed E-state index contributed by atoms with van der Waals surface area (Å²) in [6.45, 7) is 1.36. The third-order valence-corrected chi connectivity index (χ3v) is 8.08. The molecule has 0 amide bonds. The topological polar surface area (TPSA) is 94.5 Å². The highest BCUT2D eigenvalue weighted by Gasteiger charge is 2.48. The Morgan fingerprint density at radius 2 is 1.59 bits per heavy atom. The van der Waals surface area contributed by atoms with E-state index < -0.39 is 18.0 Å². The number of rotatable bonds is 10. The second kappa shape index (κ2) is 13.2. The number of aliphatic hydroxyl groups excluding tert-OH is 1. The van der Waals surface area contributed by atoms with Gasteiger partial charge < -0.3 is 29.2 Å². The minimum Gasteiger partial charge on any atom is -0.481 e. The zero-order chi connectivity index (χ0) is 23.8. The predicted octanol–water partition coefficient (Wildman–Crippen LogP) is 5.16. The van der Waals surface area contributed by atoms with Crippen molar-refractivity contribution in [1.82, 2.24) is 0 Å². The largest absolute Gasteiger partial charge is 0.481 e. The lowest BCUT2D eigenvalue weighted by Crippen LogP contribution is -2.35. The fraction of sp³-hybridized carbons (Fsp3) is 0.889. The number of hydrogen-bond donors (Lipinski definition) is 2. The Labute approximate surface area is 204 Å². The summed E-state index contributed by atoms with van der Waals surface area (Å²) in [5.41, 5.74) is 0. The summed E-state index contributed by atoms with van der Waals surface area (Å²) in [5, 5.41) is 20.5. The summed E-state index contributed by atoms with van der Waals surface area (Å²) in [6.07, 6.45) is 15.2. The van der Waals surface area contributed by atoms with E-state index in [0.717, 1.165) is 63.0 Å². The highest BCUT2D eigenvalue weighted by atomic mass is 16.7. The van der Waals surface area contributed by atoms with Crippen molar-refractivity contribution in [1.29, 1.82) is 0 Å². The highest BCUT2D eigenvalue weighted by molar-refractivity contribution is 5.67. The molecular weight excluding hydrogens is 436 g/mol. The van der Waals surface area contributed by atoms with E-state index in [1.165, 1.54) is 32.1 Å². The van der Waals surface area contributed by atoms with Crippen LogP contribution in [0, 0.1) is 17.8 Å². The number of aliphatic carboxylic acids is 1. The van der Waals surface area contributed by atoms with Crippen LogP contribution in [0.1, 0.15) is 96.3 Å². The molecule has 2 saturated heterocycles. The average Bonchev–Trinajstić information content (AvgIpc) is 3.14. The molecule has 0 spiro atoms. The Bertz CT molecular complexity index is 647. The maximum Gasteiger partial charge on any atom is 0.303 e. The van der Waals surface area contributed by atoms with Gasteiger partial charge in [-0.1, -0.05) is 32.1 Å². The lowest BCUT2D eigenvalue weighted by Gasteiger charge is -2.34. The van der Waals surface area contributed by atoms with Crippen molar-refractivity contribution >= 4 is 5.97 Å². The van der Waals surface area contributed by atoms with Crippen molar-refractivity contribution in [3.63, 3.8) is 0 Å². The van der Waals surface area contributed by atoms with Crippen LogP contribution in [-0.2, 0) is 23.7 Å². The van der Waals surface area contributed by atoms with Crippen molar-refractivity contribution in [2.45, 2.75) is 121 Å². The van der Waals surface area contributed by atoms with Gasteiger partial charge in [0.05, 0.1) is 25.2 Å². The number of carboxylic acids is 1. The third kappa shape index (κ3) is 7.42. The molecule has 34 heavy (non-hydrogen) atoms. The highest BCUT2D eigenvalue weighted by Crippen LogP contribution is 2.44. The van der Waals surface area contributed by atoms with Gasteiger partial charge in [0.1, 0.15) is 5.76 Å². The van der Waals surface area contributed by atoms with Crippen molar-refractivity contribution in [2.24, 2.45) is 17.8 Å². The molecule has 7 nitrogen and oxygen atoms in total. The van der Waals surface area contributed by atoms with Gasteiger partial charge in [0.25, 0.3) is 0 Å². The number of aliphatic hydroxyl groups is 1. The second-order valence-electron chi connectivity index (χ2n) is 10.7. The van der Waals surface area contributed by atoms with Crippen molar-refractivity contribution in [3.05, 3.63) is 11.8 Å². The number of allylic oxidation sites excluding steroid dienone is 1. The van der Waals surface area contributed by atoms with Crippen LogP contribution in [0.4, 0.5) is 0 Å². The molecular formula is C27H44O7. The molecule has 2 unspecified atom stereocenters. The van der Waals surface area contributed by atoms with Crippen molar-refractivity contribution in [3.8, 4) is 0 Å². The van der Waals surface area contributed by atoms with Crippen LogP contribution in [0.3, 0.4) is 0 Å². The Morgan fingerprint density at radius 3 is 2.24 bits per heavy atom. The van der Waals surface area contributed by atoms with E-state index in [1.54, 1.807) is 0 Å². The first-order valence-electron chi connectivity index (χ1n) is 13.8. The molecule has 2 heterocycles. The van der Waals surface area contributed by atoms with E-state index >= 15 is 0 Å². The van der Waals surface area contributed by atoms with Crippen LogP contribution in [0.25, 0.3) is 0 Å². The van der Waals surface area contributed by atoms with Gasteiger partial charge in [0.15, 0.2) is 12.6 Å². The Balaban J connectivity index is 1.52. The Morgan fingerprint density at radius 1 is 0.912 bits per heavy atom. The molecule has 2 N–H and O–H groups in total. The Kier molecular flexibility index (Phi) is 10.1. The smallest absolute Gasteiger partial charge is 0.303 e. The number of carbonyl (C=O) groups is 1. The van der Waals surface area contributed by atoms with E-state index in [9.17, 15) is 15.0 Å². The maximum atomic E-state index is 11.7. The molecule has 0 aromatic heterocycles. The van der Waals surface area contributed by atoms with Gasteiger partial charge in [-0.05, 0) is 56.9 Å². The van der Waals surface area contributed by atoms with Gasteiger partial charge in [-0.25, -0.2) is 0 Å². The zero-order valence-electron chi connectivity index (χ0n) is 20.6. The monoisotopic (exact) mass is 480 g/mol. The summed E-state index contributed by atoms with van der Waals surface area (Å²) >= 11 is 0. The van der Waals surface area contributed by atoms with Crippen LogP contribution < -0.4 is 0 Å². The molecule has 0 aromatic rings. The summed E-state index contributed by atoms with van der Waals surface area (Å²) < 4.78 is 24.5. The number of carboxylic acid groups (broad SMARTS) is 1. The molecule has 0 radical (unpaired) electrons. The normalized spacial score (nSPS) is 35.9. The molecule has 2 aliphatic heterocycles. The number of ether oxygens (including phenoxy) is 4. The van der Waals surface area contributed by atoms with Crippen LogP contribution >= 0.6 is 0 Å². The predicted molar refractivity (Wildman–Crippen MR) is 127 cm³/mol. The van der Waals surface area contributed by atoms with Crippen LogP contribution in [0.15, 0.2) is 11.8 Å². The summed E-state index contributed by atoms with van der Waals surface area (Å²) in [5.74, 6) is -0.154. The summed E-state index contributed by atoms with van der Waals surface area (Å²) in [4.78, 5) is 11.7. The van der Waals surface area contributed by atoms with Gasteiger partial charge in [0, 0.05) is 31.3 Å². The van der Waals surface area contributed by atoms with Gasteiger partial charge in [-0.2, -0.15) is 0 Å². The van der Waals surface area contributed by atoms with Gasteiger partial charge in [0.2, 0.25) is 0 Å². The van der Waals surface area contributed by atoms with Crippen LogP contribution in [0.5, 0.6) is 0 Å².